The molecular weight excluding hydrogens is 184 g/mol. The molecule has 0 aliphatic carbocycles. The van der Waals surface area contributed by atoms with E-state index in [9.17, 15) is 4.79 Å². The first kappa shape index (κ1) is 13.4. The zero-order valence-electron chi connectivity index (χ0n) is 9.16. The van der Waals surface area contributed by atoms with E-state index in [4.69, 9.17) is 14.6 Å². The van der Waals surface area contributed by atoms with Gasteiger partial charge in [-0.25, -0.2) is 4.79 Å². The molecule has 0 aromatic carbocycles. The van der Waals surface area contributed by atoms with Crippen molar-refractivity contribution in [1.29, 1.82) is 0 Å². The molecule has 2 atom stereocenters. The highest BCUT2D eigenvalue weighted by atomic mass is 16.6. The molecule has 14 heavy (non-hydrogen) atoms. The summed E-state index contributed by atoms with van der Waals surface area (Å²) in [5, 5.41) is 8.74. The number of carboxylic acid groups (broad SMARTS) is 1. The van der Waals surface area contributed by atoms with Gasteiger partial charge < -0.3 is 14.6 Å². The lowest BCUT2D eigenvalue weighted by molar-refractivity contribution is -0.155. The summed E-state index contributed by atoms with van der Waals surface area (Å²) in [6, 6.07) is 0. The number of hydrogen-bond acceptors (Lipinski definition) is 3. The first-order valence-electron chi connectivity index (χ1n) is 5.07. The molecule has 0 bridgehead atoms. The summed E-state index contributed by atoms with van der Waals surface area (Å²) >= 11 is 0. The van der Waals surface area contributed by atoms with Crippen molar-refractivity contribution in [3.05, 3.63) is 0 Å². The van der Waals surface area contributed by atoms with E-state index < -0.39 is 12.1 Å². The predicted molar refractivity (Wildman–Crippen MR) is 53.4 cm³/mol. The fourth-order valence-electron chi connectivity index (χ4n) is 1.13. The number of carbonyl (C=O) groups is 1. The van der Waals surface area contributed by atoms with Gasteiger partial charge in [0.05, 0.1) is 12.7 Å². The Morgan fingerprint density at radius 1 is 1.36 bits per heavy atom. The van der Waals surface area contributed by atoms with Crippen LogP contribution >= 0.6 is 0 Å². The molecule has 0 fully saturated rings. The lowest BCUT2D eigenvalue weighted by Gasteiger charge is -2.16. The minimum absolute atomic E-state index is 0.0994. The lowest BCUT2D eigenvalue weighted by Crippen LogP contribution is -2.30. The summed E-state index contributed by atoms with van der Waals surface area (Å²) in [5.74, 6) is -0.962. The van der Waals surface area contributed by atoms with E-state index in [1.54, 1.807) is 6.92 Å². The smallest absolute Gasteiger partial charge is 0.335 e. The Labute approximate surface area is 85.2 Å². The second-order valence-corrected chi connectivity index (χ2v) is 3.21. The third-order valence-electron chi connectivity index (χ3n) is 1.87. The minimum Gasteiger partial charge on any atom is -0.479 e. The molecule has 4 nitrogen and oxygen atoms in total. The van der Waals surface area contributed by atoms with Crippen LogP contribution in [-0.4, -0.2) is 36.5 Å². The number of rotatable bonds is 8. The Balaban J connectivity index is 3.75. The molecule has 0 saturated heterocycles. The molecule has 0 heterocycles. The largest absolute Gasteiger partial charge is 0.479 e. The van der Waals surface area contributed by atoms with Gasteiger partial charge in [0, 0.05) is 6.61 Å². The standard InChI is InChI=1S/C10H20O4/c1-4-6-8(3)14-7-9(10(11)12)13-5-2/h8-9H,4-7H2,1-3H3,(H,11,12). The molecule has 0 aliphatic heterocycles. The van der Waals surface area contributed by atoms with E-state index in [-0.39, 0.29) is 12.7 Å². The van der Waals surface area contributed by atoms with Gasteiger partial charge in [-0.1, -0.05) is 13.3 Å². The van der Waals surface area contributed by atoms with Crippen LogP contribution in [0.4, 0.5) is 0 Å². The normalized spacial score (nSPS) is 15.1. The van der Waals surface area contributed by atoms with Crippen molar-refractivity contribution < 1.29 is 19.4 Å². The molecule has 2 unspecified atom stereocenters. The Morgan fingerprint density at radius 3 is 2.43 bits per heavy atom. The highest BCUT2D eigenvalue weighted by Gasteiger charge is 2.18. The van der Waals surface area contributed by atoms with E-state index in [0.717, 1.165) is 12.8 Å². The minimum atomic E-state index is -0.962. The summed E-state index contributed by atoms with van der Waals surface area (Å²) in [4.78, 5) is 10.7. The molecule has 0 aliphatic rings. The summed E-state index contributed by atoms with van der Waals surface area (Å²) in [7, 11) is 0. The van der Waals surface area contributed by atoms with Crippen LogP contribution in [0, 0.1) is 0 Å². The number of ether oxygens (including phenoxy) is 2. The van der Waals surface area contributed by atoms with E-state index in [1.807, 2.05) is 6.92 Å². The fraction of sp³-hybridized carbons (Fsp3) is 0.900. The second kappa shape index (κ2) is 7.76. The Morgan fingerprint density at radius 2 is 2.00 bits per heavy atom. The third kappa shape index (κ3) is 5.94. The summed E-state index contributed by atoms with van der Waals surface area (Å²) < 4.78 is 10.4. The Bertz CT molecular complexity index is 158. The molecule has 0 spiro atoms. The van der Waals surface area contributed by atoms with Crippen LogP contribution in [0.5, 0.6) is 0 Å². The zero-order chi connectivity index (χ0) is 11.0. The first-order chi connectivity index (χ1) is 6.61. The Hall–Kier alpha value is -0.610. The van der Waals surface area contributed by atoms with Gasteiger partial charge in [-0.3, -0.25) is 0 Å². The predicted octanol–water partition coefficient (Wildman–Crippen LogP) is 1.68. The van der Waals surface area contributed by atoms with Gasteiger partial charge in [-0.15, -0.1) is 0 Å². The molecule has 0 rings (SSSR count). The van der Waals surface area contributed by atoms with Crippen molar-refractivity contribution in [3.63, 3.8) is 0 Å². The summed E-state index contributed by atoms with van der Waals surface area (Å²) in [6.07, 6.45) is 1.24. The quantitative estimate of drug-likeness (QED) is 0.653. The molecule has 0 radical (unpaired) electrons. The van der Waals surface area contributed by atoms with E-state index >= 15 is 0 Å². The number of carboxylic acids is 1. The molecular formula is C10H20O4. The SMILES string of the molecule is CCCC(C)OCC(OCC)C(=O)O. The second-order valence-electron chi connectivity index (χ2n) is 3.21. The molecule has 84 valence electrons. The number of aliphatic carboxylic acids is 1. The van der Waals surface area contributed by atoms with Crippen LogP contribution in [0.15, 0.2) is 0 Å². The van der Waals surface area contributed by atoms with Gasteiger partial charge in [0.2, 0.25) is 0 Å². The third-order valence-corrected chi connectivity index (χ3v) is 1.87. The zero-order valence-corrected chi connectivity index (χ0v) is 9.16. The maximum Gasteiger partial charge on any atom is 0.335 e. The van der Waals surface area contributed by atoms with E-state index in [2.05, 4.69) is 6.92 Å². The lowest BCUT2D eigenvalue weighted by atomic mass is 10.2. The topological polar surface area (TPSA) is 55.8 Å². The maximum atomic E-state index is 10.7. The van der Waals surface area contributed by atoms with Crippen molar-refractivity contribution in [2.24, 2.45) is 0 Å². The van der Waals surface area contributed by atoms with Gasteiger partial charge in [-0.05, 0) is 20.3 Å². The summed E-state index contributed by atoms with van der Waals surface area (Å²) in [5.41, 5.74) is 0. The van der Waals surface area contributed by atoms with Gasteiger partial charge >= 0.3 is 5.97 Å². The van der Waals surface area contributed by atoms with E-state index in [1.165, 1.54) is 0 Å². The van der Waals surface area contributed by atoms with Gasteiger partial charge in [0.25, 0.3) is 0 Å². The first-order valence-corrected chi connectivity index (χ1v) is 5.07. The maximum absolute atomic E-state index is 10.7. The van der Waals surface area contributed by atoms with Crippen LogP contribution in [0.25, 0.3) is 0 Å². The Kier molecular flexibility index (Phi) is 7.42. The van der Waals surface area contributed by atoms with E-state index in [0.29, 0.717) is 6.61 Å². The van der Waals surface area contributed by atoms with Crippen molar-refractivity contribution in [2.45, 2.75) is 45.8 Å². The van der Waals surface area contributed by atoms with Crippen molar-refractivity contribution in [1.82, 2.24) is 0 Å². The highest BCUT2D eigenvalue weighted by Crippen LogP contribution is 2.03. The van der Waals surface area contributed by atoms with Crippen LogP contribution in [0.1, 0.15) is 33.6 Å². The van der Waals surface area contributed by atoms with Gasteiger partial charge in [0.15, 0.2) is 6.10 Å². The molecule has 1 N–H and O–H groups in total. The monoisotopic (exact) mass is 204 g/mol. The van der Waals surface area contributed by atoms with Crippen molar-refractivity contribution in [3.8, 4) is 0 Å². The average molecular weight is 204 g/mol. The number of hydrogen-bond donors (Lipinski definition) is 1. The van der Waals surface area contributed by atoms with Crippen LogP contribution in [0.3, 0.4) is 0 Å². The van der Waals surface area contributed by atoms with Crippen LogP contribution < -0.4 is 0 Å². The molecule has 4 heteroatoms. The van der Waals surface area contributed by atoms with Crippen molar-refractivity contribution >= 4 is 5.97 Å². The molecule has 0 amide bonds. The fourth-order valence-corrected chi connectivity index (χ4v) is 1.13. The average Bonchev–Trinajstić information content (AvgIpc) is 2.12. The highest BCUT2D eigenvalue weighted by molar-refractivity contribution is 5.72. The van der Waals surface area contributed by atoms with Crippen molar-refractivity contribution in [2.75, 3.05) is 13.2 Å². The van der Waals surface area contributed by atoms with Crippen LogP contribution in [-0.2, 0) is 14.3 Å². The van der Waals surface area contributed by atoms with Gasteiger partial charge in [0.1, 0.15) is 0 Å². The molecule has 0 aromatic rings. The molecule has 0 saturated carbocycles. The molecule has 0 aromatic heterocycles. The van der Waals surface area contributed by atoms with Crippen LogP contribution in [0.2, 0.25) is 0 Å². The summed E-state index contributed by atoms with van der Waals surface area (Å²) in [6.45, 7) is 6.30. The van der Waals surface area contributed by atoms with Gasteiger partial charge in [-0.2, -0.15) is 0 Å².